The molecular formula is C17H18N2O4S. The van der Waals surface area contributed by atoms with Gasteiger partial charge in [0, 0.05) is 6.54 Å². The zero-order chi connectivity index (χ0) is 17.2. The van der Waals surface area contributed by atoms with Crippen molar-refractivity contribution in [2.75, 3.05) is 18.0 Å². The molecule has 1 heterocycles. The summed E-state index contributed by atoms with van der Waals surface area (Å²) in [4.78, 5) is 12.4. The van der Waals surface area contributed by atoms with Gasteiger partial charge in [0.05, 0.1) is 18.4 Å². The molecule has 0 aromatic heterocycles. The lowest BCUT2D eigenvalue weighted by molar-refractivity contribution is 0.0978. The van der Waals surface area contributed by atoms with Gasteiger partial charge in [-0.3, -0.25) is 9.10 Å². The topological polar surface area (TPSA) is 75.7 Å². The molecular weight excluding hydrogens is 328 g/mol. The predicted octanol–water partition coefficient (Wildman–Crippen LogP) is 2.12. The molecule has 126 valence electrons. The summed E-state index contributed by atoms with van der Waals surface area (Å²) < 4.78 is 33.9. The summed E-state index contributed by atoms with van der Waals surface area (Å²) in [6, 6.07) is 13.8. The Balaban J connectivity index is 1.89. The van der Waals surface area contributed by atoms with Crippen LogP contribution in [0, 0.1) is 0 Å². The Kier molecular flexibility index (Phi) is 4.44. The van der Waals surface area contributed by atoms with Crippen LogP contribution in [0.4, 0.5) is 5.69 Å². The SMILES string of the molecule is COc1ccccc1C(=O)NS(=O)(=O)N1CCCc2ccccc21. The number of amides is 1. The number of ether oxygens (including phenoxy) is 1. The average molecular weight is 346 g/mol. The Morgan fingerprint density at radius 1 is 1.12 bits per heavy atom. The summed E-state index contributed by atoms with van der Waals surface area (Å²) in [6.45, 7) is 0.339. The number of anilines is 1. The standard InChI is InChI=1S/C17H18N2O4S/c1-23-16-11-5-3-9-14(16)17(20)18-24(21,22)19-12-6-8-13-7-2-4-10-15(13)19/h2-5,7,9-11H,6,8,12H2,1H3,(H,18,20). The second-order valence-corrected chi connectivity index (χ2v) is 7.04. The van der Waals surface area contributed by atoms with Crippen molar-refractivity contribution in [2.45, 2.75) is 12.8 Å². The number of methoxy groups -OCH3 is 1. The Morgan fingerprint density at radius 2 is 1.83 bits per heavy atom. The Labute approximate surface area is 141 Å². The van der Waals surface area contributed by atoms with Gasteiger partial charge < -0.3 is 4.74 Å². The van der Waals surface area contributed by atoms with E-state index in [1.54, 1.807) is 30.3 Å². The van der Waals surface area contributed by atoms with Gasteiger partial charge in [-0.15, -0.1) is 0 Å². The summed E-state index contributed by atoms with van der Waals surface area (Å²) in [5.41, 5.74) is 1.75. The van der Waals surface area contributed by atoms with Gasteiger partial charge in [0.1, 0.15) is 5.75 Å². The van der Waals surface area contributed by atoms with Gasteiger partial charge in [0.15, 0.2) is 0 Å². The second-order valence-electron chi connectivity index (χ2n) is 5.44. The van der Waals surface area contributed by atoms with Gasteiger partial charge in [0.2, 0.25) is 0 Å². The minimum absolute atomic E-state index is 0.175. The number of hydrogen-bond acceptors (Lipinski definition) is 4. The molecule has 0 spiro atoms. The number of hydrogen-bond donors (Lipinski definition) is 1. The predicted molar refractivity (Wildman–Crippen MR) is 91.5 cm³/mol. The maximum atomic E-state index is 12.7. The number of para-hydroxylation sites is 2. The van der Waals surface area contributed by atoms with Gasteiger partial charge in [0.25, 0.3) is 5.91 Å². The van der Waals surface area contributed by atoms with E-state index in [2.05, 4.69) is 4.72 Å². The first-order valence-corrected chi connectivity index (χ1v) is 9.02. The molecule has 0 atom stereocenters. The van der Waals surface area contributed by atoms with Gasteiger partial charge >= 0.3 is 10.2 Å². The molecule has 24 heavy (non-hydrogen) atoms. The van der Waals surface area contributed by atoms with E-state index in [-0.39, 0.29) is 5.56 Å². The highest BCUT2D eigenvalue weighted by atomic mass is 32.2. The highest BCUT2D eigenvalue weighted by Gasteiger charge is 2.29. The maximum Gasteiger partial charge on any atom is 0.326 e. The first kappa shape index (κ1) is 16.3. The van der Waals surface area contributed by atoms with E-state index >= 15 is 0 Å². The van der Waals surface area contributed by atoms with E-state index in [0.29, 0.717) is 24.4 Å². The maximum absolute atomic E-state index is 12.7. The molecule has 0 radical (unpaired) electrons. The molecule has 0 bridgehead atoms. The summed E-state index contributed by atoms with van der Waals surface area (Å²) >= 11 is 0. The van der Waals surface area contributed by atoms with E-state index in [1.807, 2.05) is 12.1 Å². The molecule has 2 aromatic rings. The lowest BCUT2D eigenvalue weighted by Crippen LogP contribution is -2.45. The molecule has 0 fully saturated rings. The third-order valence-corrected chi connectivity index (χ3v) is 5.33. The molecule has 3 rings (SSSR count). The number of nitrogens with zero attached hydrogens (tertiary/aromatic N) is 1. The molecule has 0 saturated carbocycles. The van der Waals surface area contributed by atoms with Crippen molar-refractivity contribution in [3.05, 3.63) is 59.7 Å². The zero-order valence-corrected chi connectivity index (χ0v) is 14.0. The third-order valence-electron chi connectivity index (χ3n) is 3.93. The van der Waals surface area contributed by atoms with Crippen molar-refractivity contribution < 1.29 is 17.9 Å². The van der Waals surface area contributed by atoms with Crippen molar-refractivity contribution in [1.82, 2.24) is 4.72 Å². The number of carbonyl (C=O) groups is 1. The number of nitrogens with one attached hydrogen (secondary N) is 1. The molecule has 0 aliphatic carbocycles. The van der Waals surface area contributed by atoms with E-state index in [0.717, 1.165) is 12.0 Å². The van der Waals surface area contributed by atoms with Crippen molar-refractivity contribution >= 4 is 21.8 Å². The first-order chi connectivity index (χ1) is 11.5. The minimum atomic E-state index is -3.99. The molecule has 0 unspecified atom stereocenters. The van der Waals surface area contributed by atoms with Crippen LogP contribution in [0.1, 0.15) is 22.3 Å². The van der Waals surface area contributed by atoms with Crippen LogP contribution in [0.25, 0.3) is 0 Å². The number of aryl methyl sites for hydroxylation is 1. The van der Waals surface area contributed by atoms with Crippen molar-refractivity contribution in [3.63, 3.8) is 0 Å². The van der Waals surface area contributed by atoms with Crippen LogP contribution in [0.3, 0.4) is 0 Å². The highest BCUT2D eigenvalue weighted by molar-refractivity contribution is 7.91. The Hall–Kier alpha value is -2.54. The smallest absolute Gasteiger partial charge is 0.326 e. The molecule has 0 saturated heterocycles. The van der Waals surface area contributed by atoms with Gasteiger partial charge in [-0.1, -0.05) is 30.3 Å². The van der Waals surface area contributed by atoms with Crippen LogP contribution in [-0.2, 0) is 16.6 Å². The van der Waals surface area contributed by atoms with Crippen LogP contribution < -0.4 is 13.8 Å². The second kappa shape index (κ2) is 6.52. The van der Waals surface area contributed by atoms with Crippen molar-refractivity contribution in [1.29, 1.82) is 0 Å². The van der Waals surface area contributed by atoms with Crippen molar-refractivity contribution in [2.24, 2.45) is 0 Å². The van der Waals surface area contributed by atoms with E-state index < -0.39 is 16.1 Å². The Morgan fingerprint density at radius 3 is 2.62 bits per heavy atom. The number of benzene rings is 2. The average Bonchev–Trinajstić information content (AvgIpc) is 2.60. The van der Waals surface area contributed by atoms with Crippen LogP contribution >= 0.6 is 0 Å². The van der Waals surface area contributed by atoms with Crippen molar-refractivity contribution in [3.8, 4) is 5.75 Å². The molecule has 1 aliphatic heterocycles. The number of fused-ring (bicyclic) bond motifs is 1. The molecule has 1 N–H and O–H groups in total. The van der Waals surface area contributed by atoms with Gasteiger partial charge in [-0.2, -0.15) is 8.42 Å². The Bertz CT molecular complexity index is 864. The first-order valence-electron chi connectivity index (χ1n) is 7.58. The van der Waals surface area contributed by atoms with Gasteiger partial charge in [-0.25, -0.2) is 4.72 Å². The van der Waals surface area contributed by atoms with Crippen LogP contribution in [-0.4, -0.2) is 28.0 Å². The van der Waals surface area contributed by atoms with E-state index in [1.165, 1.54) is 17.5 Å². The summed E-state index contributed by atoms with van der Waals surface area (Å²) in [5.74, 6) is -0.389. The van der Waals surface area contributed by atoms with Crippen LogP contribution in [0.5, 0.6) is 5.75 Å². The zero-order valence-electron chi connectivity index (χ0n) is 13.2. The molecule has 6 nitrogen and oxygen atoms in total. The quantitative estimate of drug-likeness (QED) is 0.920. The molecule has 1 aliphatic rings. The minimum Gasteiger partial charge on any atom is -0.496 e. The molecule has 2 aromatic carbocycles. The fraction of sp³-hybridized carbons (Fsp3) is 0.235. The molecule has 7 heteroatoms. The van der Waals surface area contributed by atoms with E-state index in [4.69, 9.17) is 4.74 Å². The fourth-order valence-electron chi connectivity index (χ4n) is 2.81. The largest absolute Gasteiger partial charge is 0.496 e. The van der Waals surface area contributed by atoms with E-state index in [9.17, 15) is 13.2 Å². The molecule has 1 amide bonds. The number of rotatable bonds is 4. The third kappa shape index (κ3) is 3.07. The summed E-state index contributed by atoms with van der Waals surface area (Å²) in [5, 5.41) is 0. The van der Waals surface area contributed by atoms with Gasteiger partial charge in [-0.05, 0) is 36.6 Å². The normalized spacial score (nSPS) is 14.0. The fourth-order valence-corrected chi connectivity index (χ4v) is 4.07. The number of carbonyl (C=O) groups excluding carboxylic acids is 1. The lowest BCUT2D eigenvalue weighted by Gasteiger charge is -2.30. The summed E-state index contributed by atoms with van der Waals surface area (Å²) in [7, 11) is -2.56. The monoisotopic (exact) mass is 346 g/mol. The van der Waals surface area contributed by atoms with Crippen LogP contribution in [0.15, 0.2) is 48.5 Å². The lowest BCUT2D eigenvalue weighted by atomic mass is 10.0. The van der Waals surface area contributed by atoms with Crippen LogP contribution in [0.2, 0.25) is 0 Å². The highest BCUT2D eigenvalue weighted by Crippen LogP contribution is 2.28. The summed E-state index contributed by atoms with van der Waals surface area (Å²) in [6.07, 6.45) is 1.53.